The second-order valence-electron chi connectivity index (χ2n) is 11.8. The van der Waals surface area contributed by atoms with Crippen molar-refractivity contribution < 1.29 is 8.83 Å². The Hall–Kier alpha value is -6.66. The molecule has 0 bridgehead atoms. The zero-order chi connectivity index (χ0) is 31.6. The summed E-state index contributed by atoms with van der Waals surface area (Å²) in [4.78, 5) is 19.8. The highest BCUT2D eigenvalue weighted by molar-refractivity contribution is 6.16. The van der Waals surface area contributed by atoms with Crippen LogP contribution >= 0.6 is 0 Å². The standard InChI is InChI=1S/C42H24N4O2/c1-2-11-25(12-3-1)39-44-40(46-41(45-39)32-21-22-43-42-38(32)31-16-7-9-19-35(31)48-42)27-23-26-13-4-5-14-28(26)33(24-27)29-17-10-20-36-37(29)30-15-6-8-18-34(30)47-36/h1-24H. The summed E-state index contributed by atoms with van der Waals surface area (Å²) in [7, 11) is 0. The smallest absolute Gasteiger partial charge is 0.228 e. The fraction of sp³-hybridized carbons (Fsp3) is 0. The minimum Gasteiger partial charge on any atom is -0.456 e. The van der Waals surface area contributed by atoms with Crippen molar-refractivity contribution in [2.24, 2.45) is 0 Å². The molecule has 10 rings (SSSR count). The van der Waals surface area contributed by atoms with E-state index >= 15 is 0 Å². The van der Waals surface area contributed by atoms with Gasteiger partial charge in [0.2, 0.25) is 5.71 Å². The van der Waals surface area contributed by atoms with Gasteiger partial charge in [0.15, 0.2) is 17.5 Å². The molecule has 0 aliphatic heterocycles. The van der Waals surface area contributed by atoms with Crippen LogP contribution in [-0.2, 0) is 0 Å². The quantitative estimate of drug-likeness (QED) is 0.196. The summed E-state index contributed by atoms with van der Waals surface area (Å²) in [6.07, 6.45) is 1.75. The molecule has 6 aromatic carbocycles. The fourth-order valence-corrected chi connectivity index (χ4v) is 6.84. The first-order valence-corrected chi connectivity index (χ1v) is 15.8. The lowest BCUT2D eigenvalue weighted by Gasteiger charge is -2.13. The number of rotatable bonds is 4. The van der Waals surface area contributed by atoms with Crippen molar-refractivity contribution in [1.82, 2.24) is 19.9 Å². The SMILES string of the molecule is c1ccc(-c2nc(-c3cc(-c4cccc5oc6ccccc6c45)c4ccccc4c3)nc(-c3ccnc4oc5ccccc5c34)n2)cc1. The van der Waals surface area contributed by atoms with Crippen LogP contribution in [0, 0.1) is 0 Å². The number of hydrogen-bond donors (Lipinski definition) is 0. The molecule has 4 heterocycles. The van der Waals surface area contributed by atoms with Gasteiger partial charge in [0.25, 0.3) is 0 Å². The number of nitrogens with zero attached hydrogens (tertiary/aromatic N) is 4. The second kappa shape index (κ2) is 10.4. The van der Waals surface area contributed by atoms with Crippen LogP contribution in [0.3, 0.4) is 0 Å². The molecule has 0 spiro atoms. The van der Waals surface area contributed by atoms with Crippen LogP contribution in [-0.4, -0.2) is 19.9 Å². The van der Waals surface area contributed by atoms with Crippen molar-refractivity contribution in [2.45, 2.75) is 0 Å². The molecule has 0 N–H and O–H groups in total. The lowest BCUT2D eigenvalue weighted by molar-refractivity contribution is 0.654. The van der Waals surface area contributed by atoms with Crippen LogP contribution in [0.2, 0.25) is 0 Å². The molecule has 0 fully saturated rings. The van der Waals surface area contributed by atoms with E-state index in [-0.39, 0.29) is 0 Å². The molecule has 224 valence electrons. The maximum absolute atomic E-state index is 6.28. The summed E-state index contributed by atoms with van der Waals surface area (Å²) in [5.74, 6) is 1.72. The van der Waals surface area contributed by atoms with Gasteiger partial charge in [0.1, 0.15) is 16.7 Å². The Labute approximate surface area is 274 Å². The van der Waals surface area contributed by atoms with E-state index in [1.54, 1.807) is 6.20 Å². The summed E-state index contributed by atoms with van der Waals surface area (Å²) >= 11 is 0. The molecule has 0 unspecified atom stereocenters. The molecule has 0 atom stereocenters. The van der Waals surface area contributed by atoms with Gasteiger partial charge in [-0.05, 0) is 58.3 Å². The molecule has 48 heavy (non-hydrogen) atoms. The molecule has 4 aromatic heterocycles. The van der Waals surface area contributed by atoms with E-state index in [2.05, 4.69) is 65.6 Å². The van der Waals surface area contributed by atoms with E-state index in [4.69, 9.17) is 23.8 Å². The Morgan fingerprint density at radius 1 is 0.396 bits per heavy atom. The molecule has 0 saturated heterocycles. The zero-order valence-electron chi connectivity index (χ0n) is 25.5. The number of pyridine rings is 1. The summed E-state index contributed by atoms with van der Waals surface area (Å²) in [6, 6.07) is 47.2. The van der Waals surface area contributed by atoms with Crippen molar-refractivity contribution >= 4 is 54.8 Å². The predicted molar refractivity (Wildman–Crippen MR) is 191 cm³/mol. The Morgan fingerprint density at radius 2 is 1.04 bits per heavy atom. The lowest BCUT2D eigenvalue weighted by Crippen LogP contribution is -2.01. The number of fused-ring (bicyclic) bond motifs is 7. The molecule has 0 aliphatic carbocycles. The minimum absolute atomic E-state index is 0.547. The number of benzene rings is 6. The highest BCUT2D eigenvalue weighted by Gasteiger charge is 2.20. The van der Waals surface area contributed by atoms with Crippen molar-refractivity contribution in [3.05, 3.63) is 146 Å². The van der Waals surface area contributed by atoms with Gasteiger partial charge in [-0.3, -0.25) is 0 Å². The Bertz CT molecular complexity index is 2850. The van der Waals surface area contributed by atoms with Gasteiger partial charge in [-0.2, -0.15) is 0 Å². The number of para-hydroxylation sites is 2. The molecule has 0 saturated carbocycles. The highest BCUT2D eigenvalue weighted by atomic mass is 16.3. The fourth-order valence-electron chi connectivity index (χ4n) is 6.84. The van der Waals surface area contributed by atoms with Crippen molar-refractivity contribution in [3.63, 3.8) is 0 Å². The van der Waals surface area contributed by atoms with Crippen LogP contribution in [0.25, 0.3) is 100 Å². The Kier molecular flexibility index (Phi) is 5.77. The van der Waals surface area contributed by atoms with Crippen molar-refractivity contribution in [1.29, 1.82) is 0 Å². The number of furan rings is 2. The number of aromatic nitrogens is 4. The minimum atomic E-state index is 0.547. The maximum atomic E-state index is 6.28. The molecule has 6 heteroatoms. The third kappa shape index (κ3) is 4.13. The largest absolute Gasteiger partial charge is 0.456 e. The van der Waals surface area contributed by atoms with E-state index < -0.39 is 0 Å². The Balaban J connectivity index is 1.26. The van der Waals surface area contributed by atoms with E-state index in [0.717, 1.165) is 76.9 Å². The monoisotopic (exact) mass is 616 g/mol. The van der Waals surface area contributed by atoms with Gasteiger partial charge in [0, 0.05) is 39.0 Å². The Morgan fingerprint density at radius 3 is 1.88 bits per heavy atom. The van der Waals surface area contributed by atoms with E-state index in [0.29, 0.717) is 23.2 Å². The van der Waals surface area contributed by atoms with Crippen molar-refractivity contribution in [2.75, 3.05) is 0 Å². The third-order valence-corrected chi connectivity index (χ3v) is 9.00. The average molecular weight is 617 g/mol. The lowest BCUT2D eigenvalue weighted by atomic mass is 9.92. The second-order valence-corrected chi connectivity index (χ2v) is 11.8. The van der Waals surface area contributed by atoms with E-state index in [1.165, 1.54) is 0 Å². The molecule has 0 aliphatic rings. The van der Waals surface area contributed by atoms with Crippen molar-refractivity contribution in [3.8, 4) is 45.3 Å². The van der Waals surface area contributed by atoms with Gasteiger partial charge < -0.3 is 8.83 Å². The van der Waals surface area contributed by atoms with Crippen LogP contribution in [0.4, 0.5) is 0 Å². The van der Waals surface area contributed by atoms with Crippen LogP contribution < -0.4 is 0 Å². The molecular formula is C42H24N4O2. The van der Waals surface area contributed by atoms with Crippen LogP contribution in [0.15, 0.2) is 155 Å². The van der Waals surface area contributed by atoms with E-state index in [9.17, 15) is 0 Å². The van der Waals surface area contributed by atoms with E-state index in [1.807, 2.05) is 78.9 Å². The van der Waals surface area contributed by atoms with Gasteiger partial charge in [-0.1, -0.05) is 103 Å². The maximum Gasteiger partial charge on any atom is 0.228 e. The van der Waals surface area contributed by atoms with Gasteiger partial charge in [0.05, 0.1) is 5.39 Å². The molecular weight excluding hydrogens is 592 g/mol. The molecule has 0 amide bonds. The summed E-state index contributed by atoms with van der Waals surface area (Å²) in [5, 5.41) is 6.24. The molecule has 0 radical (unpaired) electrons. The summed E-state index contributed by atoms with van der Waals surface area (Å²) in [5.41, 5.74) is 7.83. The first kappa shape index (κ1) is 26.5. The first-order chi connectivity index (χ1) is 23.8. The summed E-state index contributed by atoms with van der Waals surface area (Å²) < 4.78 is 12.4. The van der Waals surface area contributed by atoms with Gasteiger partial charge in [-0.15, -0.1) is 0 Å². The van der Waals surface area contributed by atoms with Crippen LogP contribution in [0.5, 0.6) is 0 Å². The highest BCUT2D eigenvalue weighted by Crippen LogP contribution is 2.41. The summed E-state index contributed by atoms with van der Waals surface area (Å²) in [6.45, 7) is 0. The average Bonchev–Trinajstić information content (AvgIpc) is 3.73. The van der Waals surface area contributed by atoms with Crippen LogP contribution in [0.1, 0.15) is 0 Å². The van der Waals surface area contributed by atoms with Gasteiger partial charge in [-0.25, -0.2) is 19.9 Å². The molecule has 6 nitrogen and oxygen atoms in total. The van der Waals surface area contributed by atoms with Gasteiger partial charge >= 0.3 is 0 Å². The normalized spacial score (nSPS) is 11.8. The zero-order valence-corrected chi connectivity index (χ0v) is 25.5. The molecule has 10 aromatic rings. The predicted octanol–water partition coefficient (Wildman–Crippen LogP) is 10.9. The first-order valence-electron chi connectivity index (χ1n) is 15.8. The topological polar surface area (TPSA) is 77.8 Å². The third-order valence-electron chi connectivity index (χ3n) is 9.00. The number of hydrogen-bond acceptors (Lipinski definition) is 6.